The second-order valence-corrected chi connectivity index (χ2v) is 5.19. The molecule has 4 heteroatoms. The maximum absolute atomic E-state index is 12.5. The van der Waals surface area contributed by atoms with Gasteiger partial charge < -0.3 is 0 Å². The molecule has 100 valence electrons. The number of carbonyl (C=O) groups excluding carboxylic acids is 2. The number of ketones is 1. The second-order valence-electron chi connectivity index (χ2n) is 4.75. The molecule has 0 saturated carbocycles. The van der Waals surface area contributed by atoms with E-state index in [0.717, 1.165) is 5.56 Å². The highest BCUT2D eigenvalue weighted by molar-refractivity contribution is 6.30. The summed E-state index contributed by atoms with van der Waals surface area (Å²) in [6.45, 7) is 1.50. The number of benzene rings is 2. The maximum Gasteiger partial charge on any atom is 0.259 e. The van der Waals surface area contributed by atoms with Crippen molar-refractivity contribution in [2.45, 2.75) is 13.0 Å². The number of hydrogen-bond donors (Lipinski definition) is 0. The van der Waals surface area contributed by atoms with Crippen molar-refractivity contribution in [1.29, 1.82) is 0 Å². The summed E-state index contributed by atoms with van der Waals surface area (Å²) < 4.78 is 0. The Morgan fingerprint density at radius 1 is 1.10 bits per heavy atom. The first kappa shape index (κ1) is 12.9. The lowest BCUT2D eigenvalue weighted by molar-refractivity contribution is -0.118. The SMILES string of the molecule is CC(=O)C1c2ccccc2C(=O)N1c1ccc(Cl)cc1. The lowest BCUT2D eigenvalue weighted by Gasteiger charge is -2.23. The Morgan fingerprint density at radius 3 is 2.40 bits per heavy atom. The first-order valence-corrected chi connectivity index (χ1v) is 6.66. The molecule has 0 N–H and O–H groups in total. The molecule has 3 rings (SSSR count). The van der Waals surface area contributed by atoms with Crippen LogP contribution < -0.4 is 4.90 Å². The van der Waals surface area contributed by atoms with Gasteiger partial charge in [0.15, 0.2) is 5.78 Å². The summed E-state index contributed by atoms with van der Waals surface area (Å²) in [7, 11) is 0. The zero-order valence-corrected chi connectivity index (χ0v) is 11.6. The highest BCUT2D eigenvalue weighted by atomic mass is 35.5. The van der Waals surface area contributed by atoms with Crippen molar-refractivity contribution >= 4 is 29.0 Å². The Hall–Kier alpha value is -2.13. The first-order chi connectivity index (χ1) is 9.59. The van der Waals surface area contributed by atoms with Crippen LogP contribution in [0.25, 0.3) is 0 Å². The summed E-state index contributed by atoms with van der Waals surface area (Å²) in [5.41, 5.74) is 2.03. The Balaban J connectivity index is 2.14. The fourth-order valence-corrected chi connectivity index (χ4v) is 2.71. The predicted molar refractivity (Wildman–Crippen MR) is 78.1 cm³/mol. The zero-order chi connectivity index (χ0) is 14.3. The maximum atomic E-state index is 12.5. The van der Waals surface area contributed by atoms with Gasteiger partial charge >= 0.3 is 0 Å². The summed E-state index contributed by atoms with van der Waals surface area (Å²) in [6, 6.07) is 13.6. The van der Waals surface area contributed by atoms with E-state index in [1.54, 1.807) is 36.4 Å². The van der Waals surface area contributed by atoms with E-state index in [4.69, 9.17) is 11.6 Å². The first-order valence-electron chi connectivity index (χ1n) is 6.28. The van der Waals surface area contributed by atoms with Crippen LogP contribution in [-0.4, -0.2) is 11.7 Å². The van der Waals surface area contributed by atoms with Crippen molar-refractivity contribution < 1.29 is 9.59 Å². The van der Waals surface area contributed by atoms with E-state index in [1.807, 2.05) is 12.1 Å². The van der Waals surface area contributed by atoms with Crippen LogP contribution in [0.15, 0.2) is 48.5 Å². The Morgan fingerprint density at radius 2 is 1.75 bits per heavy atom. The number of hydrogen-bond acceptors (Lipinski definition) is 2. The van der Waals surface area contributed by atoms with Gasteiger partial charge in [0.25, 0.3) is 5.91 Å². The third-order valence-electron chi connectivity index (χ3n) is 3.45. The molecule has 20 heavy (non-hydrogen) atoms. The van der Waals surface area contributed by atoms with Gasteiger partial charge in [-0.25, -0.2) is 0 Å². The van der Waals surface area contributed by atoms with Crippen LogP contribution in [0.5, 0.6) is 0 Å². The number of halogens is 1. The lowest BCUT2D eigenvalue weighted by Crippen LogP contribution is -2.31. The second kappa shape index (κ2) is 4.76. The molecule has 1 atom stereocenters. The summed E-state index contributed by atoms with van der Waals surface area (Å²) in [6.07, 6.45) is 0. The van der Waals surface area contributed by atoms with E-state index in [2.05, 4.69) is 0 Å². The van der Waals surface area contributed by atoms with Gasteiger partial charge in [0, 0.05) is 16.3 Å². The molecule has 0 spiro atoms. The summed E-state index contributed by atoms with van der Waals surface area (Å²) in [5.74, 6) is -0.207. The molecule has 1 heterocycles. The number of amides is 1. The van der Waals surface area contributed by atoms with Gasteiger partial charge in [-0.15, -0.1) is 0 Å². The smallest absolute Gasteiger partial charge is 0.259 e. The average Bonchev–Trinajstić information content (AvgIpc) is 2.74. The zero-order valence-electron chi connectivity index (χ0n) is 10.8. The Kier molecular flexibility index (Phi) is 3.07. The van der Waals surface area contributed by atoms with Crippen molar-refractivity contribution in [2.75, 3.05) is 4.90 Å². The van der Waals surface area contributed by atoms with Gasteiger partial charge in [-0.05, 0) is 42.8 Å². The highest BCUT2D eigenvalue weighted by Crippen LogP contribution is 2.38. The van der Waals surface area contributed by atoms with E-state index in [-0.39, 0.29) is 11.7 Å². The molecule has 2 aromatic rings. The van der Waals surface area contributed by atoms with E-state index in [1.165, 1.54) is 11.8 Å². The van der Waals surface area contributed by atoms with Crippen LogP contribution in [0.2, 0.25) is 5.02 Å². The highest BCUT2D eigenvalue weighted by Gasteiger charge is 2.39. The van der Waals surface area contributed by atoms with Crippen molar-refractivity contribution in [2.24, 2.45) is 0 Å². The number of Topliss-reactive ketones (excluding diaryl/α,β-unsaturated/α-hetero) is 1. The predicted octanol–water partition coefficient (Wildman–Crippen LogP) is 3.63. The molecular formula is C16H12ClNO2. The third kappa shape index (κ3) is 1.91. The van der Waals surface area contributed by atoms with Crippen molar-refractivity contribution in [3.8, 4) is 0 Å². The minimum absolute atomic E-state index is 0.0572. The summed E-state index contributed by atoms with van der Waals surface area (Å²) in [4.78, 5) is 26.1. The molecule has 2 aromatic carbocycles. The van der Waals surface area contributed by atoms with Gasteiger partial charge in [-0.3, -0.25) is 14.5 Å². The van der Waals surface area contributed by atoms with Crippen molar-refractivity contribution in [3.05, 3.63) is 64.7 Å². The number of carbonyl (C=O) groups is 2. The van der Waals surface area contributed by atoms with Gasteiger partial charge in [0.05, 0.1) is 0 Å². The quantitative estimate of drug-likeness (QED) is 0.845. The normalized spacial score (nSPS) is 17.2. The molecule has 1 aliphatic heterocycles. The number of rotatable bonds is 2. The van der Waals surface area contributed by atoms with Crippen molar-refractivity contribution in [1.82, 2.24) is 0 Å². The molecule has 0 aromatic heterocycles. The van der Waals surface area contributed by atoms with E-state index < -0.39 is 6.04 Å². The molecule has 1 unspecified atom stereocenters. The van der Waals surface area contributed by atoms with Gasteiger partial charge in [0.1, 0.15) is 6.04 Å². The minimum atomic E-state index is -0.556. The summed E-state index contributed by atoms with van der Waals surface area (Å²) in [5, 5.41) is 0.595. The number of anilines is 1. The Labute approximate surface area is 121 Å². The molecule has 0 bridgehead atoms. The molecule has 3 nitrogen and oxygen atoms in total. The van der Waals surface area contributed by atoms with Crippen molar-refractivity contribution in [3.63, 3.8) is 0 Å². The van der Waals surface area contributed by atoms with Gasteiger partial charge in [0.2, 0.25) is 0 Å². The average molecular weight is 286 g/mol. The monoisotopic (exact) mass is 285 g/mol. The fraction of sp³-hybridized carbons (Fsp3) is 0.125. The van der Waals surface area contributed by atoms with E-state index >= 15 is 0 Å². The molecule has 1 amide bonds. The van der Waals surface area contributed by atoms with E-state index in [0.29, 0.717) is 16.3 Å². The molecule has 0 fully saturated rings. The molecule has 0 saturated heterocycles. The molecule has 1 aliphatic rings. The lowest BCUT2D eigenvalue weighted by atomic mass is 10.0. The third-order valence-corrected chi connectivity index (χ3v) is 3.70. The molecule has 0 radical (unpaired) electrons. The van der Waals surface area contributed by atoms with Crippen LogP contribution >= 0.6 is 11.6 Å². The summed E-state index contributed by atoms with van der Waals surface area (Å²) >= 11 is 5.87. The largest absolute Gasteiger partial charge is 0.297 e. The van der Waals surface area contributed by atoms with Gasteiger partial charge in [-0.1, -0.05) is 29.8 Å². The molecule has 0 aliphatic carbocycles. The van der Waals surface area contributed by atoms with Crippen LogP contribution in [0.4, 0.5) is 5.69 Å². The standard InChI is InChI=1S/C16H12ClNO2/c1-10(19)15-13-4-2-3-5-14(13)16(20)18(15)12-8-6-11(17)7-9-12/h2-9,15H,1H3. The van der Waals surface area contributed by atoms with Crippen LogP contribution in [-0.2, 0) is 4.79 Å². The topological polar surface area (TPSA) is 37.4 Å². The van der Waals surface area contributed by atoms with Gasteiger partial charge in [-0.2, -0.15) is 0 Å². The minimum Gasteiger partial charge on any atom is -0.297 e. The van der Waals surface area contributed by atoms with E-state index in [9.17, 15) is 9.59 Å². The Bertz CT molecular complexity index is 694. The molecular weight excluding hydrogens is 274 g/mol. The fourth-order valence-electron chi connectivity index (χ4n) is 2.59. The van der Waals surface area contributed by atoms with Crippen LogP contribution in [0.1, 0.15) is 28.9 Å². The van der Waals surface area contributed by atoms with Crippen LogP contribution in [0, 0.1) is 0 Å². The number of nitrogens with zero attached hydrogens (tertiary/aromatic N) is 1. The van der Waals surface area contributed by atoms with Crippen LogP contribution in [0.3, 0.4) is 0 Å². The number of fused-ring (bicyclic) bond motifs is 1.